The maximum atomic E-state index is 5.95. The lowest BCUT2D eigenvalue weighted by atomic mass is 10.3. The molecule has 2 aromatic rings. The molecule has 4 heteroatoms. The predicted octanol–water partition coefficient (Wildman–Crippen LogP) is 2.61. The van der Waals surface area contributed by atoms with Crippen LogP contribution in [0.3, 0.4) is 0 Å². The van der Waals surface area contributed by atoms with Crippen LogP contribution in [0.2, 0.25) is 0 Å². The van der Waals surface area contributed by atoms with E-state index < -0.39 is 0 Å². The van der Waals surface area contributed by atoms with Crippen LogP contribution in [-0.4, -0.2) is 42.2 Å². The summed E-state index contributed by atoms with van der Waals surface area (Å²) in [6.45, 7) is 3.67. The van der Waals surface area contributed by atoms with Gasteiger partial charge in [0.1, 0.15) is 24.2 Å². The van der Waals surface area contributed by atoms with Gasteiger partial charge in [0.2, 0.25) is 0 Å². The summed E-state index contributed by atoms with van der Waals surface area (Å²) in [5.74, 6) is 1.83. The highest BCUT2D eigenvalue weighted by Crippen LogP contribution is 2.17. The normalized spacial score (nSPS) is 18.6. The van der Waals surface area contributed by atoms with Crippen molar-refractivity contribution >= 4 is 0 Å². The van der Waals surface area contributed by atoms with Crippen LogP contribution in [-0.2, 0) is 0 Å². The van der Waals surface area contributed by atoms with Crippen LogP contribution in [0.4, 0.5) is 0 Å². The van der Waals surface area contributed by atoms with Crippen LogP contribution >= 0.6 is 0 Å². The Morgan fingerprint density at radius 1 is 1.05 bits per heavy atom. The summed E-state index contributed by atoms with van der Waals surface area (Å²) in [4.78, 5) is 6.38. The maximum absolute atomic E-state index is 5.95. The van der Waals surface area contributed by atoms with Crippen LogP contribution in [0, 0.1) is 0 Å². The van der Waals surface area contributed by atoms with Crippen molar-refractivity contribution in [2.45, 2.75) is 12.5 Å². The van der Waals surface area contributed by atoms with Crippen molar-refractivity contribution in [2.75, 3.05) is 26.2 Å². The van der Waals surface area contributed by atoms with Gasteiger partial charge in [-0.15, -0.1) is 0 Å². The molecule has 1 unspecified atom stereocenters. The Balaban J connectivity index is 1.39. The van der Waals surface area contributed by atoms with Gasteiger partial charge in [-0.1, -0.05) is 18.2 Å². The Bertz CT molecular complexity index is 533. The van der Waals surface area contributed by atoms with Crippen molar-refractivity contribution in [1.29, 1.82) is 0 Å². The van der Waals surface area contributed by atoms with Crippen molar-refractivity contribution in [3.05, 3.63) is 54.9 Å². The lowest BCUT2D eigenvalue weighted by Crippen LogP contribution is -2.28. The number of nitrogens with zero attached hydrogens (tertiary/aromatic N) is 2. The van der Waals surface area contributed by atoms with Crippen molar-refractivity contribution in [2.24, 2.45) is 0 Å². The van der Waals surface area contributed by atoms with Gasteiger partial charge in [-0.05, 0) is 30.7 Å². The molecule has 1 saturated heterocycles. The van der Waals surface area contributed by atoms with E-state index in [0.29, 0.717) is 6.61 Å². The van der Waals surface area contributed by atoms with E-state index in [0.717, 1.165) is 37.6 Å². The Morgan fingerprint density at radius 2 is 1.86 bits per heavy atom. The maximum Gasteiger partial charge on any atom is 0.122 e. The molecule has 0 radical (unpaired) electrons. The quantitative estimate of drug-likeness (QED) is 0.816. The SMILES string of the molecule is c1ccc(OCCN2CCC(Oc3ccncc3)C2)cc1. The Morgan fingerprint density at radius 3 is 2.67 bits per heavy atom. The van der Waals surface area contributed by atoms with Crippen LogP contribution in [0.5, 0.6) is 11.5 Å². The van der Waals surface area contributed by atoms with Gasteiger partial charge in [-0.25, -0.2) is 0 Å². The first-order chi connectivity index (χ1) is 10.4. The highest BCUT2D eigenvalue weighted by molar-refractivity contribution is 5.21. The molecule has 0 amide bonds. The molecule has 1 aromatic heterocycles. The molecule has 0 bridgehead atoms. The second-order valence-corrected chi connectivity index (χ2v) is 5.17. The average Bonchev–Trinajstić information content (AvgIpc) is 2.97. The molecule has 1 atom stereocenters. The molecule has 0 saturated carbocycles. The fraction of sp³-hybridized carbons (Fsp3) is 0.353. The molecule has 4 nitrogen and oxygen atoms in total. The second kappa shape index (κ2) is 7.09. The number of likely N-dealkylation sites (tertiary alicyclic amines) is 1. The van der Waals surface area contributed by atoms with Crippen LogP contribution < -0.4 is 9.47 Å². The van der Waals surface area contributed by atoms with E-state index in [9.17, 15) is 0 Å². The molecule has 21 heavy (non-hydrogen) atoms. The number of benzene rings is 1. The molecule has 1 aliphatic heterocycles. The monoisotopic (exact) mass is 284 g/mol. The van der Waals surface area contributed by atoms with Gasteiger partial charge in [0, 0.05) is 32.0 Å². The van der Waals surface area contributed by atoms with Gasteiger partial charge < -0.3 is 9.47 Å². The standard InChI is InChI=1S/C17H20N2O2/c1-2-4-15(5-3-1)20-13-12-19-11-8-17(14-19)21-16-6-9-18-10-7-16/h1-7,9-10,17H,8,11-14H2. The Hall–Kier alpha value is -2.07. The molecule has 3 rings (SSSR count). The van der Waals surface area contributed by atoms with Crippen LogP contribution in [0.25, 0.3) is 0 Å². The fourth-order valence-electron chi connectivity index (χ4n) is 2.51. The summed E-state index contributed by atoms with van der Waals surface area (Å²) in [7, 11) is 0. The van der Waals surface area contributed by atoms with Gasteiger partial charge in [-0.3, -0.25) is 9.88 Å². The summed E-state index contributed by atoms with van der Waals surface area (Å²) in [6, 6.07) is 13.8. The second-order valence-electron chi connectivity index (χ2n) is 5.17. The van der Waals surface area contributed by atoms with Gasteiger partial charge in [0.25, 0.3) is 0 Å². The largest absolute Gasteiger partial charge is 0.492 e. The fourth-order valence-corrected chi connectivity index (χ4v) is 2.51. The first kappa shape index (κ1) is 13.9. The van der Waals surface area contributed by atoms with Gasteiger partial charge >= 0.3 is 0 Å². The minimum Gasteiger partial charge on any atom is -0.492 e. The number of hydrogen-bond acceptors (Lipinski definition) is 4. The third-order valence-corrected chi connectivity index (χ3v) is 3.60. The van der Waals surface area contributed by atoms with E-state index in [2.05, 4.69) is 9.88 Å². The molecule has 2 heterocycles. The molecule has 0 spiro atoms. The first-order valence-corrected chi connectivity index (χ1v) is 7.37. The minimum atomic E-state index is 0.268. The molecule has 0 N–H and O–H groups in total. The molecular formula is C17H20N2O2. The Kier molecular flexibility index (Phi) is 4.69. The molecule has 1 fully saturated rings. The van der Waals surface area contributed by atoms with E-state index in [-0.39, 0.29) is 6.10 Å². The van der Waals surface area contributed by atoms with Crippen molar-refractivity contribution in [1.82, 2.24) is 9.88 Å². The first-order valence-electron chi connectivity index (χ1n) is 7.37. The molecule has 110 valence electrons. The van der Waals surface area contributed by atoms with E-state index in [1.807, 2.05) is 42.5 Å². The topological polar surface area (TPSA) is 34.6 Å². The van der Waals surface area contributed by atoms with Crippen molar-refractivity contribution in [3.8, 4) is 11.5 Å². The summed E-state index contributed by atoms with van der Waals surface area (Å²) >= 11 is 0. The highest BCUT2D eigenvalue weighted by Gasteiger charge is 2.23. The van der Waals surface area contributed by atoms with Crippen LogP contribution in [0.1, 0.15) is 6.42 Å². The van der Waals surface area contributed by atoms with Gasteiger partial charge in [0.15, 0.2) is 0 Å². The van der Waals surface area contributed by atoms with Gasteiger partial charge in [-0.2, -0.15) is 0 Å². The number of aromatic nitrogens is 1. The average molecular weight is 284 g/mol. The van der Waals surface area contributed by atoms with E-state index >= 15 is 0 Å². The smallest absolute Gasteiger partial charge is 0.122 e. The third kappa shape index (κ3) is 4.20. The minimum absolute atomic E-state index is 0.268. The van der Waals surface area contributed by atoms with Crippen molar-refractivity contribution < 1.29 is 9.47 Å². The third-order valence-electron chi connectivity index (χ3n) is 3.60. The molecule has 0 aliphatic carbocycles. The number of hydrogen-bond donors (Lipinski definition) is 0. The molecule has 1 aromatic carbocycles. The lowest BCUT2D eigenvalue weighted by Gasteiger charge is -2.17. The number of rotatable bonds is 6. The van der Waals surface area contributed by atoms with Crippen LogP contribution in [0.15, 0.2) is 54.9 Å². The van der Waals surface area contributed by atoms with E-state index in [1.165, 1.54) is 0 Å². The van der Waals surface area contributed by atoms with E-state index in [4.69, 9.17) is 9.47 Å². The zero-order valence-corrected chi connectivity index (χ0v) is 12.0. The predicted molar refractivity (Wildman–Crippen MR) is 81.6 cm³/mol. The zero-order chi connectivity index (χ0) is 14.3. The highest BCUT2D eigenvalue weighted by atomic mass is 16.5. The number of pyridine rings is 1. The van der Waals surface area contributed by atoms with Crippen molar-refractivity contribution in [3.63, 3.8) is 0 Å². The molecular weight excluding hydrogens is 264 g/mol. The van der Waals surface area contributed by atoms with E-state index in [1.54, 1.807) is 12.4 Å². The summed E-state index contributed by atoms with van der Waals surface area (Å²) < 4.78 is 11.7. The molecule has 1 aliphatic rings. The summed E-state index contributed by atoms with van der Waals surface area (Å²) in [5, 5.41) is 0. The summed E-state index contributed by atoms with van der Waals surface area (Å²) in [5.41, 5.74) is 0. The number of para-hydroxylation sites is 1. The Labute approximate surface area is 125 Å². The zero-order valence-electron chi connectivity index (χ0n) is 12.0. The lowest BCUT2D eigenvalue weighted by molar-refractivity contribution is 0.186. The summed E-state index contributed by atoms with van der Waals surface area (Å²) in [6.07, 6.45) is 4.85. The van der Waals surface area contributed by atoms with Gasteiger partial charge in [0.05, 0.1) is 0 Å². The number of ether oxygens (including phenoxy) is 2.